The van der Waals surface area contributed by atoms with Crippen molar-refractivity contribution in [1.82, 2.24) is 24.1 Å². The van der Waals surface area contributed by atoms with Crippen LogP contribution >= 0.6 is 0 Å². The molecule has 8 nitrogen and oxygen atoms in total. The van der Waals surface area contributed by atoms with E-state index in [1.54, 1.807) is 21.3 Å². The van der Waals surface area contributed by atoms with E-state index in [2.05, 4.69) is 10.1 Å². The lowest BCUT2D eigenvalue weighted by molar-refractivity contribution is 0.000497. The van der Waals surface area contributed by atoms with Gasteiger partial charge in [-0.05, 0) is 95.5 Å². The largest absolute Gasteiger partial charge is 0.444 e. The van der Waals surface area contributed by atoms with E-state index >= 15 is 4.39 Å². The molecule has 1 aliphatic carbocycles. The summed E-state index contributed by atoms with van der Waals surface area (Å²) in [5.74, 6) is -0.564. The number of rotatable bonds is 2. The highest BCUT2D eigenvalue weighted by Crippen LogP contribution is 2.51. The SMILES string of the molecule is Cc1cn2nc(-c3cc(F)c4c(=O)n(C5CCN(C(=O)OC(C)(C)C)C6(CC6)C5)ccc4c3)cc(C)c2n1. The molecule has 0 radical (unpaired) electrons. The molecule has 0 N–H and O–H groups in total. The molecule has 1 aliphatic heterocycles. The molecule has 1 unspecified atom stereocenters. The van der Waals surface area contributed by atoms with E-state index in [0.717, 1.165) is 29.7 Å². The Morgan fingerprint density at radius 2 is 1.95 bits per heavy atom. The molecule has 1 amide bonds. The summed E-state index contributed by atoms with van der Waals surface area (Å²) in [5.41, 5.74) is 2.58. The third-order valence-corrected chi connectivity index (χ3v) is 7.72. The van der Waals surface area contributed by atoms with E-state index in [1.165, 1.54) is 6.07 Å². The van der Waals surface area contributed by atoms with Gasteiger partial charge in [0.2, 0.25) is 0 Å². The molecule has 2 fully saturated rings. The Hall–Kier alpha value is -3.75. The molecule has 2 aliphatic rings. The third-order valence-electron chi connectivity index (χ3n) is 7.72. The summed E-state index contributed by atoms with van der Waals surface area (Å²) in [5, 5.41) is 5.23. The van der Waals surface area contributed by atoms with Gasteiger partial charge in [-0.2, -0.15) is 5.10 Å². The van der Waals surface area contributed by atoms with Crippen molar-refractivity contribution in [2.75, 3.05) is 6.54 Å². The zero-order chi connectivity index (χ0) is 27.0. The second kappa shape index (κ2) is 8.38. The number of amides is 1. The number of ether oxygens (including phenoxy) is 1. The number of likely N-dealkylation sites (tertiary alicyclic amines) is 1. The van der Waals surface area contributed by atoms with Gasteiger partial charge in [-0.15, -0.1) is 0 Å². The Morgan fingerprint density at radius 3 is 2.66 bits per heavy atom. The molecule has 1 atom stereocenters. The lowest BCUT2D eigenvalue weighted by Gasteiger charge is -2.41. The summed E-state index contributed by atoms with van der Waals surface area (Å²) >= 11 is 0. The molecule has 1 saturated heterocycles. The van der Waals surface area contributed by atoms with E-state index in [-0.39, 0.29) is 28.6 Å². The van der Waals surface area contributed by atoms with Crippen LogP contribution in [0, 0.1) is 19.7 Å². The van der Waals surface area contributed by atoms with E-state index in [0.29, 0.717) is 36.0 Å². The number of aryl methyl sites for hydroxylation is 2. The number of nitrogens with zero attached hydrogens (tertiary/aromatic N) is 5. The van der Waals surface area contributed by atoms with Crippen LogP contribution in [0.2, 0.25) is 0 Å². The van der Waals surface area contributed by atoms with Crippen LogP contribution in [0.1, 0.15) is 63.8 Å². The number of fused-ring (bicyclic) bond motifs is 2. The van der Waals surface area contributed by atoms with Gasteiger partial charge in [0.1, 0.15) is 11.4 Å². The second-order valence-corrected chi connectivity index (χ2v) is 11.8. The normalized spacial score (nSPS) is 18.9. The molecule has 0 bridgehead atoms. The monoisotopic (exact) mass is 517 g/mol. The van der Waals surface area contributed by atoms with Crippen LogP contribution in [-0.4, -0.2) is 47.8 Å². The number of benzene rings is 1. The molecule has 3 aromatic heterocycles. The van der Waals surface area contributed by atoms with Crippen molar-refractivity contribution in [3.63, 3.8) is 0 Å². The van der Waals surface area contributed by atoms with Crippen molar-refractivity contribution in [3.8, 4) is 11.3 Å². The van der Waals surface area contributed by atoms with Gasteiger partial charge in [0.05, 0.1) is 23.0 Å². The van der Waals surface area contributed by atoms with Crippen molar-refractivity contribution >= 4 is 22.5 Å². The first kappa shape index (κ1) is 24.6. The molecule has 198 valence electrons. The number of imidazole rings is 1. The fourth-order valence-electron chi connectivity index (χ4n) is 5.79. The van der Waals surface area contributed by atoms with E-state index in [4.69, 9.17) is 4.74 Å². The highest BCUT2D eigenvalue weighted by atomic mass is 19.1. The van der Waals surface area contributed by atoms with Crippen LogP contribution in [0.15, 0.2) is 41.5 Å². The number of piperidine rings is 1. The topological polar surface area (TPSA) is 81.7 Å². The summed E-state index contributed by atoms with van der Waals surface area (Å²) in [6.07, 6.45) is 6.34. The summed E-state index contributed by atoms with van der Waals surface area (Å²) in [7, 11) is 0. The minimum Gasteiger partial charge on any atom is -0.444 e. The van der Waals surface area contributed by atoms with Gasteiger partial charge in [-0.1, -0.05) is 0 Å². The maximum atomic E-state index is 15.5. The zero-order valence-corrected chi connectivity index (χ0v) is 22.4. The number of hydrogen-bond donors (Lipinski definition) is 0. The maximum absolute atomic E-state index is 15.5. The average molecular weight is 518 g/mol. The summed E-state index contributed by atoms with van der Waals surface area (Å²) in [6, 6.07) is 6.78. The molecular formula is C29H32FN5O3. The number of hydrogen-bond acceptors (Lipinski definition) is 5. The van der Waals surface area contributed by atoms with E-state index in [1.807, 2.05) is 57.8 Å². The fraction of sp³-hybridized carbons (Fsp3) is 0.448. The quantitative estimate of drug-likeness (QED) is 0.347. The minimum atomic E-state index is -0.564. The molecule has 6 rings (SSSR count). The van der Waals surface area contributed by atoms with Crippen molar-refractivity contribution in [2.45, 2.75) is 77.5 Å². The summed E-state index contributed by atoms with van der Waals surface area (Å²) in [6.45, 7) is 9.94. The van der Waals surface area contributed by atoms with E-state index in [9.17, 15) is 9.59 Å². The number of pyridine rings is 1. The van der Waals surface area contributed by atoms with E-state index < -0.39 is 11.4 Å². The van der Waals surface area contributed by atoms with Gasteiger partial charge in [-0.25, -0.2) is 18.7 Å². The molecule has 1 spiro atoms. The average Bonchev–Trinajstić information content (AvgIpc) is 3.46. The molecule has 1 aromatic carbocycles. The van der Waals surface area contributed by atoms with Crippen LogP contribution in [0.25, 0.3) is 27.7 Å². The van der Waals surface area contributed by atoms with Crippen molar-refractivity contribution in [3.05, 3.63) is 64.1 Å². The molecule has 4 heterocycles. The van der Waals surface area contributed by atoms with Crippen LogP contribution in [0.4, 0.5) is 9.18 Å². The summed E-state index contributed by atoms with van der Waals surface area (Å²) in [4.78, 5) is 32.7. The lowest BCUT2D eigenvalue weighted by atomic mass is 9.94. The number of halogens is 1. The Bertz CT molecular complexity index is 1660. The fourth-order valence-corrected chi connectivity index (χ4v) is 5.79. The smallest absolute Gasteiger partial charge is 0.410 e. The standard InChI is InChI=1S/C29H32FN5O3/c1-17-12-23(32-35-16-18(2)31-25(17)35)20-13-19-6-10-33(26(36)24(19)22(30)14-20)21-7-11-34(29(15-21)8-9-29)27(37)38-28(3,4)5/h6,10,12-14,16,21H,7-9,11,15H2,1-5H3. The summed E-state index contributed by atoms with van der Waals surface area (Å²) < 4.78 is 24.5. The minimum absolute atomic E-state index is 0.0759. The third kappa shape index (κ3) is 4.14. The highest BCUT2D eigenvalue weighted by molar-refractivity contribution is 5.87. The van der Waals surface area contributed by atoms with Gasteiger partial charge in [0.15, 0.2) is 5.65 Å². The van der Waals surface area contributed by atoms with Crippen molar-refractivity contribution < 1.29 is 13.9 Å². The van der Waals surface area contributed by atoms with Gasteiger partial charge in [0.25, 0.3) is 5.56 Å². The van der Waals surface area contributed by atoms with Gasteiger partial charge in [0, 0.05) is 29.9 Å². The van der Waals surface area contributed by atoms with Crippen LogP contribution in [-0.2, 0) is 4.74 Å². The Balaban J connectivity index is 1.32. The van der Waals surface area contributed by atoms with Crippen molar-refractivity contribution in [1.29, 1.82) is 0 Å². The predicted molar refractivity (Wildman–Crippen MR) is 143 cm³/mol. The van der Waals surface area contributed by atoms with Gasteiger partial charge >= 0.3 is 6.09 Å². The first-order chi connectivity index (χ1) is 17.9. The molecule has 1 saturated carbocycles. The Morgan fingerprint density at radius 1 is 1.18 bits per heavy atom. The zero-order valence-electron chi connectivity index (χ0n) is 22.4. The van der Waals surface area contributed by atoms with Crippen molar-refractivity contribution in [2.24, 2.45) is 0 Å². The van der Waals surface area contributed by atoms with Crippen LogP contribution in [0.5, 0.6) is 0 Å². The Kier molecular flexibility index (Phi) is 5.42. The molecular weight excluding hydrogens is 485 g/mol. The van der Waals surface area contributed by atoms with Gasteiger partial charge in [-0.3, -0.25) is 4.79 Å². The number of aromatic nitrogens is 4. The Labute approximate surface area is 220 Å². The molecule has 4 aromatic rings. The second-order valence-electron chi connectivity index (χ2n) is 11.8. The highest BCUT2D eigenvalue weighted by Gasteiger charge is 2.54. The first-order valence-corrected chi connectivity index (χ1v) is 13.1. The number of carbonyl (C=O) groups is 1. The molecule has 38 heavy (non-hydrogen) atoms. The molecule has 9 heteroatoms. The van der Waals surface area contributed by atoms with Gasteiger partial charge < -0.3 is 14.2 Å². The lowest BCUT2D eigenvalue weighted by Crippen LogP contribution is -2.50. The first-order valence-electron chi connectivity index (χ1n) is 13.1. The van der Waals surface area contributed by atoms with Crippen LogP contribution < -0.4 is 5.56 Å². The predicted octanol–water partition coefficient (Wildman–Crippen LogP) is 5.57. The van der Waals surface area contributed by atoms with Crippen LogP contribution in [0.3, 0.4) is 0 Å². The number of carbonyl (C=O) groups excluding carboxylic acids is 1. The maximum Gasteiger partial charge on any atom is 0.410 e.